The van der Waals surface area contributed by atoms with Crippen molar-refractivity contribution in [2.75, 3.05) is 18.4 Å². The van der Waals surface area contributed by atoms with Gasteiger partial charge in [-0.1, -0.05) is 13.0 Å². The van der Waals surface area contributed by atoms with Gasteiger partial charge in [-0.3, -0.25) is 15.0 Å². The number of sulfonamides is 1. The van der Waals surface area contributed by atoms with Crippen molar-refractivity contribution < 1.29 is 13.2 Å². The van der Waals surface area contributed by atoms with Crippen LogP contribution in [-0.4, -0.2) is 42.8 Å². The third-order valence-corrected chi connectivity index (χ3v) is 7.80. The second-order valence-corrected chi connectivity index (χ2v) is 11.9. The molecule has 2 aromatic rings. The summed E-state index contributed by atoms with van der Waals surface area (Å²) in [4.78, 5) is 19.9. The van der Waals surface area contributed by atoms with E-state index in [1.54, 1.807) is 33.8 Å². The minimum Gasteiger partial charge on any atom is -0.298 e. The molecule has 0 spiro atoms. The summed E-state index contributed by atoms with van der Waals surface area (Å²) in [5.74, 6) is 0.418. The maximum Gasteiger partial charge on any atom is 0.257 e. The van der Waals surface area contributed by atoms with Crippen LogP contribution in [0.2, 0.25) is 0 Å². The lowest BCUT2D eigenvalue weighted by Gasteiger charge is -2.29. The fourth-order valence-electron chi connectivity index (χ4n) is 3.53. The van der Waals surface area contributed by atoms with E-state index in [1.165, 1.54) is 36.3 Å². The predicted molar refractivity (Wildman–Crippen MR) is 125 cm³/mol. The Kier molecular flexibility index (Phi) is 7.20. The summed E-state index contributed by atoms with van der Waals surface area (Å²) in [5, 5.41) is 5.31. The van der Waals surface area contributed by atoms with Crippen molar-refractivity contribution in [3.63, 3.8) is 0 Å². The fraction of sp³-hybridized carbons (Fsp3) is 0.545. The molecule has 1 aliphatic heterocycles. The van der Waals surface area contributed by atoms with Crippen LogP contribution in [0.3, 0.4) is 0 Å². The first-order chi connectivity index (χ1) is 14.4. The lowest BCUT2D eigenvalue weighted by atomic mass is 9.99. The second-order valence-electron chi connectivity index (χ2n) is 9.39. The molecule has 7 nitrogen and oxygen atoms in total. The number of nitrogens with zero attached hydrogens (tertiary/aromatic N) is 2. The number of carbonyl (C=O) groups is 1. The second kappa shape index (κ2) is 9.36. The minimum absolute atomic E-state index is 0.0670. The molecule has 1 amide bonds. The number of nitrogens with one attached hydrogen (secondary N) is 2. The summed E-state index contributed by atoms with van der Waals surface area (Å²) in [6.45, 7) is 12.3. The maximum absolute atomic E-state index is 12.9. The molecule has 1 aliphatic rings. The molecule has 1 fully saturated rings. The van der Waals surface area contributed by atoms with E-state index in [9.17, 15) is 13.2 Å². The van der Waals surface area contributed by atoms with Gasteiger partial charge < -0.3 is 0 Å². The normalized spacial score (nSPS) is 16.4. The summed E-state index contributed by atoms with van der Waals surface area (Å²) < 4.78 is 27.9. The highest BCUT2D eigenvalue weighted by Crippen LogP contribution is 2.23. The van der Waals surface area contributed by atoms with Crippen molar-refractivity contribution in [1.82, 2.24) is 14.6 Å². The number of hydrogen-bond acceptors (Lipinski definition) is 6. The molecule has 2 N–H and O–H groups in total. The van der Waals surface area contributed by atoms with Crippen LogP contribution in [0.4, 0.5) is 5.13 Å². The molecule has 0 bridgehead atoms. The van der Waals surface area contributed by atoms with Gasteiger partial charge in [-0.2, -0.15) is 0 Å². The van der Waals surface area contributed by atoms with Crippen molar-refractivity contribution in [1.29, 1.82) is 0 Å². The number of hydrogen-bond donors (Lipinski definition) is 2. The Morgan fingerprint density at radius 1 is 1.26 bits per heavy atom. The van der Waals surface area contributed by atoms with Gasteiger partial charge in [0.2, 0.25) is 10.0 Å². The SMILES string of the molecule is Cc1ccc(S(=O)(=O)NC(C)(C)C)cc1C(=O)Nc1nc(CN2CCC(C)CC2)cs1. The Morgan fingerprint density at radius 2 is 1.94 bits per heavy atom. The van der Waals surface area contributed by atoms with Gasteiger partial charge in [0.25, 0.3) is 5.91 Å². The van der Waals surface area contributed by atoms with Crippen LogP contribution < -0.4 is 10.0 Å². The molecule has 1 saturated heterocycles. The van der Waals surface area contributed by atoms with Gasteiger partial charge in [0.05, 0.1) is 10.6 Å². The van der Waals surface area contributed by atoms with E-state index in [-0.39, 0.29) is 10.8 Å². The molecule has 170 valence electrons. The third-order valence-electron chi connectivity index (χ3n) is 5.24. The quantitative estimate of drug-likeness (QED) is 0.674. The zero-order chi connectivity index (χ0) is 22.8. The highest BCUT2D eigenvalue weighted by atomic mass is 32.2. The molecule has 1 aromatic heterocycles. The predicted octanol–water partition coefficient (Wildman–Crippen LogP) is 4.01. The number of likely N-dealkylation sites (tertiary alicyclic amines) is 1. The molecular formula is C22H32N4O3S2. The number of carbonyl (C=O) groups excluding carboxylic acids is 1. The van der Waals surface area contributed by atoms with Crippen LogP contribution in [0.25, 0.3) is 0 Å². The maximum atomic E-state index is 12.9. The van der Waals surface area contributed by atoms with E-state index < -0.39 is 15.6 Å². The molecule has 2 heterocycles. The molecule has 3 rings (SSSR count). The fourth-order valence-corrected chi connectivity index (χ4v) is 5.67. The largest absolute Gasteiger partial charge is 0.298 e. The van der Waals surface area contributed by atoms with Crippen molar-refractivity contribution >= 4 is 32.4 Å². The van der Waals surface area contributed by atoms with Gasteiger partial charge in [0.1, 0.15) is 0 Å². The van der Waals surface area contributed by atoms with Gasteiger partial charge in [0, 0.05) is 23.0 Å². The molecular weight excluding hydrogens is 432 g/mol. The first-order valence-corrected chi connectivity index (χ1v) is 12.9. The number of piperidine rings is 1. The van der Waals surface area contributed by atoms with Crippen molar-refractivity contribution in [3.8, 4) is 0 Å². The lowest BCUT2D eigenvalue weighted by molar-refractivity contribution is 0.102. The van der Waals surface area contributed by atoms with Crippen LogP contribution >= 0.6 is 11.3 Å². The average molecular weight is 465 g/mol. The number of anilines is 1. The van der Waals surface area contributed by atoms with Crippen molar-refractivity contribution in [2.45, 2.75) is 64.4 Å². The molecule has 31 heavy (non-hydrogen) atoms. The Hall–Kier alpha value is -1.81. The molecule has 1 aromatic carbocycles. The van der Waals surface area contributed by atoms with E-state index in [1.807, 2.05) is 5.38 Å². The Balaban J connectivity index is 1.70. The van der Waals surface area contributed by atoms with Crippen molar-refractivity contribution in [3.05, 3.63) is 40.4 Å². The molecule has 0 saturated carbocycles. The molecule has 0 atom stereocenters. The summed E-state index contributed by atoms with van der Waals surface area (Å²) >= 11 is 1.38. The monoisotopic (exact) mass is 464 g/mol. The van der Waals surface area contributed by atoms with E-state index in [2.05, 4.69) is 26.8 Å². The van der Waals surface area contributed by atoms with Crippen LogP contribution in [0, 0.1) is 12.8 Å². The first kappa shape index (κ1) is 23.8. The zero-order valence-electron chi connectivity index (χ0n) is 18.9. The smallest absolute Gasteiger partial charge is 0.257 e. The van der Waals surface area contributed by atoms with Crippen LogP contribution in [0.15, 0.2) is 28.5 Å². The van der Waals surface area contributed by atoms with Gasteiger partial charge in [-0.25, -0.2) is 18.1 Å². The molecule has 0 radical (unpaired) electrons. The topological polar surface area (TPSA) is 91.4 Å². The summed E-state index contributed by atoms with van der Waals surface area (Å²) in [5.41, 5.74) is 1.35. The Labute approximate surface area is 189 Å². The Bertz CT molecular complexity index is 1030. The van der Waals surface area contributed by atoms with Gasteiger partial charge >= 0.3 is 0 Å². The minimum atomic E-state index is -3.73. The van der Waals surface area contributed by atoms with Gasteiger partial charge in [-0.15, -0.1) is 11.3 Å². The zero-order valence-corrected chi connectivity index (χ0v) is 20.5. The number of rotatable bonds is 6. The summed E-state index contributed by atoms with van der Waals surface area (Å²) in [6, 6.07) is 4.58. The highest BCUT2D eigenvalue weighted by Gasteiger charge is 2.24. The van der Waals surface area contributed by atoms with Crippen LogP contribution in [0.5, 0.6) is 0 Å². The Morgan fingerprint density at radius 3 is 2.58 bits per heavy atom. The molecule has 9 heteroatoms. The number of thiazole rings is 1. The van der Waals surface area contributed by atoms with Gasteiger partial charge in [-0.05, 0) is 77.2 Å². The number of aromatic nitrogens is 1. The number of aryl methyl sites for hydroxylation is 1. The van der Waals surface area contributed by atoms with Crippen molar-refractivity contribution in [2.24, 2.45) is 5.92 Å². The molecule has 0 unspecified atom stereocenters. The highest BCUT2D eigenvalue weighted by molar-refractivity contribution is 7.89. The standard InChI is InChI=1S/C22H32N4O3S2/c1-15-8-10-26(11-9-15)13-17-14-30-21(23-17)24-20(27)19-12-18(7-6-16(19)2)31(28,29)25-22(3,4)5/h6-7,12,14-15,25H,8-11,13H2,1-5H3,(H,23,24,27). The van der Waals surface area contributed by atoms with E-state index in [4.69, 9.17) is 0 Å². The molecule has 0 aliphatic carbocycles. The lowest BCUT2D eigenvalue weighted by Crippen LogP contribution is -2.40. The van der Waals surface area contributed by atoms with E-state index >= 15 is 0 Å². The average Bonchev–Trinajstić information content (AvgIpc) is 3.08. The number of amides is 1. The third kappa shape index (κ3) is 6.58. The van der Waals surface area contributed by atoms with Crippen LogP contribution in [0.1, 0.15) is 62.2 Å². The first-order valence-electron chi connectivity index (χ1n) is 10.6. The summed E-state index contributed by atoms with van der Waals surface area (Å²) in [6.07, 6.45) is 2.41. The van der Waals surface area contributed by atoms with E-state index in [0.29, 0.717) is 16.3 Å². The van der Waals surface area contributed by atoms with Crippen LogP contribution in [-0.2, 0) is 16.6 Å². The van der Waals surface area contributed by atoms with E-state index in [0.717, 1.165) is 31.2 Å². The number of benzene rings is 1. The van der Waals surface area contributed by atoms with Gasteiger partial charge in [0.15, 0.2) is 5.13 Å². The summed E-state index contributed by atoms with van der Waals surface area (Å²) in [7, 11) is -3.73.